The third-order valence-corrected chi connectivity index (χ3v) is 2.19. The van der Waals surface area contributed by atoms with Crippen molar-refractivity contribution in [2.75, 3.05) is 0 Å². The zero-order chi connectivity index (χ0) is 10.3. The monoisotopic (exact) mass is 188 g/mol. The maximum atomic E-state index is 11.4. The molecule has 0 heterocycles. The minimum atomic E-state index is -0.400. The number of benzene rings is 1. The number of allylic oxidation sites excluding steroid dienone is 2. The van der Waals surface area contributed by atoms with Crippen molar-refractivity contribution in [2.24, 2.45) is 0 Å². The SMILES string of the molecule is C=C1C(O)=CC(=O)c2c(O)cccc21. The number of phenols is 1. The summed E-state index contributed by atoms with van der Waals surface area (Å²) in [6.45, 7) is 3.63. The van der Waals surface area contributed by atoms with Gasteiger partial charge < -0.3 is 10.2 Å². The molecule has 1 aliphatic rings. The number of aliphatic hydroxyl groups is 1. The normalized spacial score (nSPS) is 15.0. The Labute approximate surface area is 80.6 Å². The highest BCUT2D eigenvalue weighted by atomic mass is 16.3. The predicted octanol–water partition coefficient (Wildman–Crippen LogP) is 2.04. The first-order valence-electron chi connectivity index (χ1n) is 4.08. The Bertz CT molecular complexity index is 469. The van der Waals surface area contributed by atoms with E-state index in [1.807, 2.05) is 0 Å². The van der Waals surface area contributed by atoms with Gasteiger partial charge in [-0.05, 0) is 11.6 Å². The Balaban J connectivity index is 2.75. The van der Waals surface area contributed by atoms with Gasteiger partial charge in [-0.2, -0.15) is 0 Å². The van der Waals surface area contributed by atoms with E-state index in [4.69, 9.17) is 0 Å². The number of hydrogen-bond donors (Lipinski definition) is 2. The van der Waals surface area contributed by atoms with Crippen molar-refractivity contribution in [2.45, 2.75) is 0 Å². The van der Waals surface area contributed by atoms with Crippen molar-refractivity contribution in [3.63, 3.8) is 0 Å². The molecule has 3 nitrogen and oxygen atoms in total. The lowest BCUT2D eigenvalue weighted by molar-refractivity contribution is 0.103. The molecular weight excluding hydrogens is 180 g/mol. The van der Waals surface area contributed by atoms with Crippen LogP contribution in [0.2, 0.25) is 0 Å². The number of rotatable bonds is 0. The van der Waals surface area contributed by atoms with E-state index in [9.17, 15) is 15.0 Å². The van der Waals surface area contributed by atoms with Gasteiger partial charge in [-0.25, -0.2) is 0 Å². The lowest BCUT2D eigenvalue weighted by Crippen LogP contribution is -2.08. The van der Waals surface area contributed by atoms with Gasteiger partial charge in [-0.3, -0.25) is 4.79 Å². The van der Waals surface area contributed by atoms with Crippen LogP contribution in [-0.2, 0) is 0 Å². The van der Waals surface area contributed by atoms with Gasteiger partial charge in [0, 0.05) is 11.6 Å². The molecule has 0 amide bonds. The van der Waals surface area contributed by atoms with E-state index in [-0.39, 0.29) is 17.1 Å². The molecule has 2 N–H and O–H groups in total. The Kier molecular flexibility index (Phi) is 1.67. The van der Waals surface area contributed by atoms with E-state index in [1.54, 1.807) is 12.1 Å². The molecule has 14 heavy (non-hydrogen) atoms. The molecule has 1 aromatic carbocycles. The molecule has 0 fully saturated rings. The maximum Gasteiger partial charge on any atom is 0.193 e. The van der Waals surface area contributed by atoms with Gasteiger partial charge in [0.2, 0.25) is 0 Å². The number of aliphatic hydroxyl groups excluding tert-OH is 1. The second kappa shape index (κ2) is 2.73. The van der Waals surface area contributed by atoms with Crippen LogP contribution in [0.25, 0.3) is 5.57 Å². The average molecular weight is 188 g/mol. The highest BCUT2D eigenvalue weighted by molar-refractivity contribution is 6.14. The molecular formula is C11H8O3. The number of ketones is 1. The fourth-order valence-corrected chi connectivity index (χ4v) is 1.47. The van der Waals surface area contributed by atoms with Crippen molar-refractivity contribution in [1.82, 2.24) is 0 Å². The number of phenolic OH excluding ortho intramolecular Hbond substituents is 1. The first-order valence-corrected chi connectivity index (χ1v) is 4.08. The van der Waals surface area contributed by atoms with E-state index in [2.05, 4.69) is 6.58 Å². The van der Waals surface area contributed by atoms with Crippen molar-refractivity contribution < 1.29 is 15.0 Å². The lowest BCUT2D eigenvalue weighted by atomic mass is 9.91. The smallest absolute Gasteiger partial charge is 0.193 e. The van der Waals surface area contributed by atoms with Crippen LogP contribution < -0.4 is 0 Å². The molecule has 1 aliphatic carbocycles. The number of aromatic hydroxyl groups is 1. The molecule has 70 valence electrons. The van der Waals surface area contributed by atoms with E-state index in [0.717, 1.165) is 6.08 Å². The molecule has 0 radical (unpaired) electrons. The molecule has 3 heteroatoms. The van der Waals surface area contributed by atoms with Crippen molar-refractivity contribution >= 4 is 11.4 Å². The number of carbonyl (C=O) groups is 1. The second-order valence-electron chi connectivity index (χ2n) is 3.07. The summed E-state index contributed by atoms with van der Waals surface area (Å²) in [5, 5.41) is 18.8. The molecule has 0 aromatic heterocycles. The van der Waals surface area contributed by atoms with Gasteiger partial charge in [-0.15, -0.1) is 0 Å². The zero-order valence-electron chi connectivity index (χ0n) is 7.32. The summed E-state index contributed by atoms with van der Waals surface area (Å²) >= 11 is 0. The predicted molar refractivity (Wildman–Crippen MR) is 52.2 cm³/mol. The van der Waals surface area contributed by atoms with Gasteiger partial charge in [0.1, 0.15) is 11.5 Å². The standard InChI is InChI=1S/C11H8O3/c1-6-7-3-2-4-8(12)11(7)10(14)5-9(6)13/h2-5,12-13H,1H2. The lowest BCUT2D eigenvalue weighted by Gasteiger charge is -2.15. The van der Waals surface area contributed by atoms with E-state index in [0.29, 0.717) is 11.1 Å². The summed E-state index contributed by atoms with van der Waals surface area (Å²) in [5.74, 6) is -0.631. The first kappa shape index (κ1) is 8.56. The van der Waals surface area contributed by atoms with E-state index >= 15 is 0 Å². The van der Waals surface area contributed by atoms with E-state index in [1.165, 1.54) is 6.07 Å². The molecule has 0 atom stereocenters. The molecule has 0 saturated heterocycles. The quantitative estimate of drug-likeness (QED) is 0.655. The van der Waals surface area contributed by atoms with Gasteiger partial charge in [0.15, 0.2) is 5.78 Å². The summed E-state index contributed by atoms with van der Waals surface area (Å²) < 4.78 is 0. The topological polar surface area (TPSA) is 57.5 Å². The van der Waals surface area contributed by atoms with E-state index < -0.39 is 5.78 Å². The second-order valence-corrected chi connectivity index (χ2v) is 3.07. The average Bonchev–Trinajstić information content (AvgIpc) is 2.14. The fourth-order valence-electron chi connectivity index (χ4n) is 1.47. The summed E-state index contributed by atoms with van der Waals surface area (Å²) in [5.41, 5.74) is 1.04. The van der Waals surface area contributed by atoms with Crippen LogP contribution >= 0.6 is 0 Å². The number of carbonyl (C=O) groups excluding carboxylic acids is 1. The van der Waals surface area contributed by atoms with Crippen LogP contribution in [0.3, 0.4) is 0 Å². The third-order valence-electron chi connectivity index (χ3n) is 2.19. The third kappa shape index (κ3) is 1.03. The minimum absolute atomic E-state index is 0.0857. The summed E-state index contributed by atoms with van der Waals surface area (Å²) in [6.07, 6.45) is 1.06. The Morgan fingerprint density at radius 2 is 1.93 bits per heavy atom. The first-order chi connectivity index (χ1) is 6.61. The molecule has 0 aliphatic heterocycles. The fraction of sp³-hybridized carbons (Fsp3) is 0. The number of fused-ring (bicyclic) bond motifs is 1. The number of hydrogen-bond acceptors (Lipinski definition) is 3. The zero-order valence-corrected chi connectivity index (χ0v) is 7.32. The Morgan fingerprint density at radius 3 is 2.64 bits per heavy atom. The molecule has 2 rings (SSSR count). The summed E-state index contributed by atoms with van der Waals surface area (Å²) in [6, 6.07) is 4.67. The molecule has 1 aromatic rings. The summed E-state index contributed by atoms with van der Waals surface area (Å²) in [7, 11) is 0. The van der Waals surface area contributed by atoms with Crippen molar-refractivity contribution in [1.29, 1.82) is 0 Å². The molecule has 0 saturated carbocycles. The van der Waals surface area contributed by atoms with Crippen LogP contribution in [-0.4, -0.2) is 16.0 Å². The van der Waals surface area contributed by atoms with Gasteiger partial charge >= 0.3 is 0 Å². The molecule has 0 spiro atoms. The summed E-state index contributed by atoms with van der Waals surface area (Å²) in [4.78, 5) is 11.4. The maximum absolute atomic E-state index is 11.4. The largest absolute Gasteiger partial charge is 0.507 e. The van der Waals surface area contributed by atoms with Crippen LogP contribution in [0.15, 0.2) is 36.6 Å². The highest BCUT2D eigenvalue weighted by Crippen LogP contribution is 2.33. The van der Waals surface area contributed by atoms with Crippen molar-refractivity contribution in [3.05, 3.63) is 47.7 Å². The molecule has 0 unspecified atom stereocenters. The van der Waals surface area contributed by atoms with Gasteiger partial charge in [-0.1, -0.05) is 18.7 Å². The van der Waals surface area contributed by atoms with Crippen molar-refractivity contribution in [3.8, 4) is 5.75 Å². The van der Waals surface area contributed by atoms with Crippen LogP contribution in [0.1, 0.15) is 15.9 Å². The van der Waals surface area contributed by atoms with Gasteiger partial charge in [0.05, 0.1) is 5.56 Å². The minimum Gasteiger partial charge on any atom is -0.507 e. The van der Waals surface area contributed by atoms with Gasteiger partial charge in [0.25, 0.3) is 0 Å². The molecule has 0 bridgehead atoms. The highest BCUT2D eigenvalue weighted by Gasteiger charge is 2.23. The van der Waals surface area contributed by atoms with Crippen LogP contribution in [0.4, 0.5) is 0 Å². The Hall–Kier alpha value is -2.03. The van der Waals surface area contributed by atoms with Crippen LogP contribution in [0.5, 0.6) is 5.75 Å². The van der Waals surface area contributed by atoms with Crippen LogP contribution in [0, 0.1) is 0 Å². The Morgan fingerprint density at radius 1 is 1.21 bits per heavy atom.